The van der Waals surface area contributed by atoms with Crippen molar-refractivity contribution in [3.8, 4) is 23.0 Å². The first-order valence-electron chi connectivity index (χ1n) is 7.69. The topological polar surface area (TPSA) is 86.5 Å². The van der Waals surface area contributed by atoms with Gasteiger partial charge < -0.3 is 19.2 Å². The van der Waals surface area contributed by atoms with Crippen molar-refractivity contribution in [2.75, 3.05) is 19.5 Å². The molecule has 134 valence electrons. The lowest BCUT2D eigenvalue weighted by Gasteiger charge is -2.10. The molecule has 0 saturated heterocycles. The number of nitrogens with one attached hydrogen (secondary N) is 1. The highest BCUT2D eigenvalue weighted by Gasteiger charge is 2.14. The smallest absolute Gasteiger partial charge is 0.247 e. The van der Waals surface area contributed by atoms with Gasteiger partial charge in [-0.2, -0.15) is 0 Å². The summed E-state index contributed by atoms with van der Waals surface area (Å²) >= 11 is 0. The number of rotatable bonds is 6. The van der Waals surface area contributed by atoms with Gasteiger partial charge in [-0.15, -0.1) is 10.2 Å². The molecule has 0 bridgehead atoms. The summed E-state index contributed by atoms with van der Waals surface area (Å²) in [4.78, 5) is 12.2. The Balaban J connectivity index is 1.67. The molecule has 0 aliphatic heterocycles. The van der Waals surface area contributed by atoms with Crippen molar-refractivity contribution >= 4 is 11.6 Å². The van der Waals surface area contributed by atoms with E-state index in [0.29, 0.717) is 22.7 Å². The highest BCUT2D eigenvalue weighted by molar-refractivity contribution is 5.92. The number of hydrogen-bond donors (Lipinski definition) is 1. The Morgan fingerprint density at radius 3 is 2.65 bits per heavy atom. The maximum Gasteiger partial charge on any atom is 0.247 e. The van der Waals surface area contributed by atoms with E-state index in [1.807, 2.05) is 0 Å². The molecule has 0 aliphatic carbocycles. The second kappa shape index (κ2) is 7.64. The lowest BCUT2D eigenvalue weighted by Crippen LogP contribution is -2.14. The van der Waals surface area contributed by atoms with Crippen molar-refractivity contribution < 1.29 is 23.1 Å². The van der Waals surface area contributed by atoms with E-state index in [-0.39, 0.29) is 24.1 Å². The second-order valence-electron chi connectivity index (χ2n) is 5.31. The van der Waals surface area contributed by atoms with E-state index in [4.69, 9.17) is 13.9 Å². The van der Waals surface area contributed by atoms with Gasteiger partial charge in [0.05, 0.1) is 14.2 Å². The number of carbonyl (C=O) groups is 1. The van der Waals surface area contributed by atoms with E-state index in [1.54, 1.807) is 24.3 Å². The fourth-order valence-electron chi connectivity index (χ4n) is 2.32. The summed E-state index contributed by atoms with van der Waals surface area (Å²) in [5, 5.41) is 10.4. The zero-order valence-corrected chi connectivity index (χ0v) is 14.2. The monoisotopic (exact) mass is 357 g/mol. The van der Waals surface area contributed by atoms with Gasteiger partial charge in [0, 0.05) is 17.3 Å². The Labute approximate surface area is 148 Å². The molecule has 2 aromatic carbocycles. The van der Waals surface area contributed by atoms with Crippen LogP contribution in [0.15, 0.2) is 46.9 Å². The minimum atomic E-state index is -0.409. The van der Waals surface area contributed by atoms with Gasteiger partial charge in [0.2, 0.25) is 17.7 Å². The Morgan fingerprint density at radius 2 is 1.92 bits per heavy atom. The first kappa shape index (κ1) is 17.4. The zero-order valence-electron chi connectivity index (χ0n) is 14.2. The number of hydrogen-bond acceptors (Lipinski definition) is 6. The summed E-state index contributed by atoms with van der Waals surface area (Å²) in [5.41, 5.74) is 0.988. The molecule has 7 nitrogen and oxygen atoms in total. The summed E-state index contributed by atoms with van der Waals surface area (Å²) in [6.07, 6.45) is -0.114. The normalized spacial score (nSPS) is 10.4. The lowest BCUT2D eigenvalue weighted by atomic mass is 10.2. The van der Waals surface area contributed by atoms with E-state index in [1.165, 1.54) is 32.4 Å². The lowest BCUT2D eigenvalue weighted by molar-refractivity contribution is -0.115. The van der Waals surface area contributed by atoms with Crippen LogP contribution >= 0.6 is 0 Å². The highest BCUT2D eigenvalue weighted by Crippen LogP contribution is 2.29. The molecule has 1 aromatic heterocycles. The molecule has 1 N–H and O–H groups in total. The largest absolute Gasteiger partial charge is 0.493 e. The van der Waals surface area contributed by atoms with Crippen molar-refractivity contribution in [1.82, 2.24) is 10.2 Å². The van der Waals surface area contributed by atoms with Crippen molar-refractivity contribution in [2.45, 2.75) is 6.42 Å². The molecule has 0 spiro atoms. The average molecular weight is 357 g/mol. The van der Waals surface area contributed by atoms with Gasteiger partial charge in [0.1, 0.15) is 12.2 Å². The number of benzene rings is 2. The quantitative estimate of drug-likeness (QED) is 0.730. The maximum absolute atomic E-state index is 13.3. The molecule has 0 atom stereocenters. The van der Waals surface area contributed by atoms with Gasteiger partial charge in [0.15, 0.2) is 11.5 Å². The van der Waals surface area contributed by atoms with Crippen molar-refractivity contribution in [3.63, 3.8) is 0 Å². The third-order valence-electron chi connectivity index (χ3n) is 3.52. The zero-order chi connectivity index (χ0) is 18.5. The summed E-state index contributed by atoms with van der Waals surface area (Å²) in [5.74, 6) is 0.583. The van der Waals surface area contributed by atoms with Crippen LogP contribution in [0, 0.1) is 5.82 Å². The van der Waals surface area contributed by atoms with E-state index in [9.17, 15) is 9.18 Å². The van der Waals surface area contributed by atoms with Crippen LogP contribution in [0.2, 0.25) is 0 Å². The third kappa shape index (κ3) is 3.97. The molecular weight excluding hydrogens is 341 g/mol. The van der Waals surface area contributed by atoms with Crippen LogP contribution in [-0.4, -0.2) is 30.3 Å². The molecule has 0 fully saturated rings. The summed E-state index contributed by atoms with van der Waals surface area (Å²) < 4.78 is 29.0. The molecule has 1 heterocycles. The molecule has 26 heavy (non-hydrogen) atoms. The summed E-state index contributed by atoms with van der Waals surface area (Å²) in [6.45, 7) is 0. The fourth-order valence-corrected chi connectivity index (χ4v) is 2.32. The standard InChI is InChI=1S/C18H16FN3O4/c1-24-14-7-6-13(9-15(14)25-2)20-16(23)10-17-21-22-18(26-17)11-4-3-5-12(19)8-11/h3-9H,10H2,1-2H3,(H,20,23). The predicted octanol–water partition coefficient (Wildman–Crippen LogP) is 3.07. The summed E-state index contributed by atoms with van der Waals surface area (Å²) in [6, 6.07) is 10.8. The first-order valence-corrected chi connectivity index (χ1v) is 7.69. The van der Waals surface area contributed by atoms with Gasteiger partial charge in [-0.1, -0.05) is 6.07 Å². The van der Waals surface area contributed by atoms with Crippen LogP contribution in [0.4, 0.5) is 10.1 Å². The van der Waals surface area contributed by atoms with E-state index < -0.39 is 5.82 Å². The van der Waals surface area contributed by atoms with Crippen LogP contribution in [0.25, 0.3) is 11.5 Å². The summed E-state index contributed by atoms with van der Waals surface area (Å²) in [7, 11) is 3.04. The van der Waals surface area contributed by atoms with Gasteiger partial charge in [-0.05, 0) is 30.3 Å². The Kier molecular flexibility index (Phi) is 5.12. The van der Waals surface area contributed by atoms with Crippen LogP contribution in [0.1, 0.15) is 5.89 Å². The minimum absolute atomic E-state index is 0.114. The molecule has 0 saturated carbocycles. The van der Waals surface area contributed by atoms with Gasteiger partial charge in [0.25, 0.3) is 0 Å². The van der Waals surface area contributed by atoms with E-state index in [2.05, 4.69) is 15.5 Å². The maximum atomic E-state index is 13.3. The molecule has 0 radical (unpaired) electrons. The van der Waals surface area contributed by atoms with Gasteiger partial charge >= 0.3 is 0 Å². The van der Waals surface area contributed by atoms with E-state index in [0.717, 1.165) is 0 Å². The van der Waals surface area contributed by atoms with Crippen LogP contribution in [0.3, 0.4) is 0 Å². The molecule has 3 rings (SSSR count). The van der Waals surface area contributed by atoms with Gasteiger partial charge in [-0.25, -0.2) is 4.39 Å². The van der Waals surface area contributed by atoms with Crippen molar-refractivity contribution in [2.24, 2.45) is 0 Å². The molecule has 0 aliphatic rings. The first-order chi connectivity index (χ1) is 12.6. The molecule has 8 heteroatoms. The Morgan fingerprint density at radius 1 is 1.12 bits per heavy atom. The number of ether oxygens (including phenoxy) is 2. The molecular formula is C18H16FN3O4. The number of amides is 1. The number of methoxy groups -OCH3 is 2. The number of carbonyl (C=O) groups excluding carboxylic acids is 1. The predicted molar refractivity (Wildman–Crippen MR) is 91.6 cm³/mol. The van der Waals surface area contributed by atoms with Crippen molar-refractivity contribution in [1.29, 1.82) is 0 Å². The van der Waals surface area contributed by atoms with Crippen molar-refractivity contribution in [3.05, 3.63) is 54.2 Å². The number of aromatic nitrogens is 2. The van der Waals surface area contributed by atoms with Crippen LogP contribution in [0.5, 0.6) is 11.5 Å². The van der Waals surface area contributed by atoms with Gasteiger partial charge in [-0.3, -0.25) is 4.79 Å². The van der Waals surface area contributed by atoms with Crippen LogP contribution < -0.4 is 14.8 Å². The second-order valence-corrected chi connectivity index (χ2v) is 5.31. The number of nitrogens with zero attached hydrogens (tertiary/aromatic N) is 2. The number of halogens is 1. The Bertz CT molecular complexity index is 926. The Hall–Kier alpha value is -3.42. The SMILES string of the molecule is COc1ccc(NC(=O)Cc2nnc(-c3cccc(F)c3)o2)cc1OC. The molecule has 0 unspecified atom stereocenters. The minimum Gasteiger partial charge on any atom is -0.493 e. The highest BCUT2D eigenvalue weighted by atomic mass is 19.1. The third-order valence-corrected chi connectivity index (χ3v) is 3.52. The fraction of sp³-hybridized carbons (Fsp3) is 0.167. The van der Waals surface area contributed by atoms with Crippen LogP contribution in [-0.2, 0) is 11.2 Å². The average Bonchev–Trinajstić information content (AvgIpc) is 3.10. The molecule has 1 amide bonds. The van der Waals surface area contributed by atoms with E-state index >= 15 is 0 Å². The number of anilines is 1. The molecule has 3 aromatic rings.